The zero-order valence-electron chi connectivity index (χ0n) is 15.8. The highest BCUT2D eigenvalue weighted by atomic mass is 32.2. The first-order valence-corrected chi connectivity index (χ1v) is 11.0. The molecule has 0 bridgehead atoms. The number of amides is 1. The van der Waals surface area contributed by atoms with E-state index < -0.39 is 9.84 Å². The summed E-state index contributed by atoms with van der Waals surface area (Å²) in [6, 6.07) is 17.9. The van der Waals surface area contributed by atoms with Crippen molar-refractivity contribution in [2.45, 2.75) is 25.4 Å². The van der Waals surface area contributed by atoms with Crippen LogP contribution in [0.3, 0.4) is 0 Å². The summed E-state index contributed by atoms with van der Waals surface area (Å²) in [7, 11) is -1.32. The number of likely N-dealkylation sites (N-methyl/N-ethyl adjacent to an activating group) is 1. The lowest BCUT2D eigenvalue weighted by molar-refractivity contribution is -0.130. The SMILES string of the molecule is Cc1ccc([C@H](NCC(=O)N(C)[C@H]2CCS(=O)(=O)C2)c2ccccc2)cc1. The molecule has 0 unspecified atom stereocenters. The van der Waals surface area contributed by atoms with E-state index in [2.05, 4.69) is 29.6 Å². The Morgan fingerprint density at radius 1 is 1.11 bits per heavy atom. The standard InChI is InChI=1S/C21H26N2O3S/c1-16-8-10-18(11-9-16)21(17-6-4-3-5-7-17)22-14-20(24)23(2)19-12-13-27(25,26)15-19/h3-11,19,21-22H,12-15H2,1-2H3/t19-,21+/m0/s1. The van der Waals surface area contributed by atoms with Gasteiger partial charge >= 0.3 is 0 Å². The van der Waals surface area contributed by atoms with Gasteiger partial charge in [-0.15, -0.1) is 0 Å². The van der Waals surface area contributed by atoms with Gasteiger partial charge in [0, 0.05) is 13.1 Å². The second-order valence-electron chi connectivity index (χ2n) is 7.20. The average Bonchev–Trinajstić information content (AvgIpc) is 3.03. The number of nitrogens with zero attached hydrogens (tertiary/aromatic N) is 1. The van der Waals surface area contributed by atoms with Gasteiger partial charge in [0.2, 0.25) is 5.91 Å². The van der Waals surface area contributed by atoms with Crippen LogP contribution < -0.4 is 5.32 Å². The quantitative estimate of drug-likeness (QED) is 0.827. The number of hydrogen-bond acceptors (Lipinski definition) is 4. The molecule has 1 heterocycles. The van der Waals surface area contributed by atoms with Crippen molar-refractivity contribution < 1.29 is 13.2 Å². The van der Waals surface area contributed by atoms with E-state index in [1.165, 1.54) is 5.56 Å². The summed E-state index contributed by atoms with van der Waals surface area (Å²) in [6.07, 6.45) is 0.519. The van der Waals surface area contributed by atoms with Crippen molar-refractivity contribution in [3.05, 3.63) is 71.3 Å². The number of sulfone groups is 1. The monoisotopic (exact) mass is 386 g/mol. The molecule has 1 fully saturated rings. The van der Waals surface area contributed by atoms with Crippen LogP contribution in [-0.2, 0) is 14.6 Å². The van der Waals surface area contributed by atoms with Gasteiger partial charge in [-0.3, -0.25) is 10.1 Å². The Labute approximate surface area is 161 Å². The van der Waals surface area contributed by atoms with Crippen LogP contribution in [0.2, 0.25) is 0 Å². The molecule has 6 heteroatoms. The van der Waals surface area contributed by atoms with Crippen molar-refractivity contribution >= 4 is 15.7 Å². The predicted octanol–water partition coefficient (Wildman–Crippen LogP) is 2.32. The number of nitrogens with one attached hydrogen (secondary N) is 1. The van der Waals surface area contributed by atoms with Crippen LogP contribution >= 0.6 is 0 Å². The average molecular weight is 387 g/mol. The molecule has 2 aromatic rings. The highest BCUT2D eigenvalue weighted by Crippen LogP contribution is 2.22. The minimum atomic E-state index is -3.01. The molecule has 27 heavy (non-hydrogen) atoms. The van der Waals surface area contributed by atoms with Crippen molar-refractivity contribution in [3.63, 3.8) is 0 Å². The van der Waals surface area contributed by atoms with Crippen LogP contribution in [0, 0.1) is 6.92 Å². The predicted molar refractivity (Wildman–Crippen MR) is 107 cm³/mol. The van der Waals surface area contributed by atoms with Crippen molar-refractivity contribution in [2.24, 2.45) is 0 Å². The molecular weight excluding hydrogens is 360 g/mol. The zero-order valence-corrected chi connectivity index (χ0v) is 16.6. The maximum absolute atomic E-state index is 12.6. The van der Waals surface area contributed by atoms with Crippen molar-refractivity contribution in [1.82, 2.24) is 10.2 Å². The maximum atomic E-state index is 12.6. The fourth-order valence-electron chi connectivity index (χ4n) is 3.43. The van der Waals surface area contributed by atoms with Crippen LogP contribution in [0.15, 0.2) is 54.6 Å². The smallest absolute Gasteiger partial charge is 0.236 e. The molecule has 5 nitrogen and oxygen atoms in total. The minimum Gasteiger partial charge on any atom is -0.341 e. The molecular formula is C21H26N2O3S. The summed E-state index contributed by atoms with van der Waals surface area (Å²) in [6.45, 7) is 2.20. The Hall–Kier alpha value is -2.18. The third-order valence-corrected chi connectivity index (χ3v) is 6.90. The largest absolute Gasteiger partial charge is 0.341 e. The summed E-state index contributed by atoms with van der Waals surface area (Å²) < 4.78 is 23.4. The van der Waals surface area contributed by atoms with Crippen LogP contribution in [0.25, 0.3) is 0 Å². The molecule has 0 radical (unpaired) electrons. The Balaban J connectivity index is 1.71. The Morgan fingerprint density at radius 3 is 2.33 bits per heavy atom. The van der Waals surface area contributed by atoms with E-state index in [0.29, 0.717) is 6.42 Å². The summed E-state index contributed by atoms with van der Waals surface area (Å²) in [5, 5.41) is 3.36. The first-order valence-electron chi connectivity index (χ1n) is 9.17. The molecule has 0 aliphatic carbocycles. The number of benzene rings is 2. The summed E-state index contributed by atoms with van der Waals surface area (Å²) in [4.78, 5) is 14.2. The number of hydrogen-bond donors (Lipinski definition) is 1. The van der Waals surface area contributed by atoms with Crippen molar-refractivity contribution in [1.29, 1.82) is 0 Å². The van der Waals surface area contributed by atoms with Gasteiger partial charge in [0.25, 0.3) is 0 Å². The molecule has 1 amide bonds. The van der Waals surface area contributed by atoms with E-state index >= 15 is 0 Å². The van der Waals surface area contributed by atoms with Gasteiger partial charge < -0.3 is 4.90 Å². The van der Waals surface area contributed by atoms with Crippen LogP contribution in [-0.4, -0.2) is 50.4 Å². The molecule has 3 rings (SSSR count). The summed E-state index contributed by atoms with van der Waals surface area (Å²) >= 11 is 0. The molecule has 1 N–H and O–H groups in total. The topological polar surface area (TPSA) is 66.5 Å². The Bertz CT molecular complexity index is 879. The number of aryl methyl sites for hydroxylation is 1. The van der Waals surface area contributed by atoms with E-state index in [0.717, 1.165) is 11.1 Å². The van der Waals surface area contributed by atoms with E-state index in [9.17, 15) is 13.2 Å². The Kier molecular flexibility index (Phi) is 5.97. The van der Waals surface area contributed by atoms with E-state index in [-0.39, 0.29) is 36.0 Å². The number of carbonyl (C=O) groups excluding carboxylic acids is 1. The maximum Gasteiger partial charge on any atom is 0.236 e. The second kappa shape index (κ2) is 8.23. The fraction of sp³-hybridized carbons (Fsp3) is 0.381. The summed E-state index contributed by atoms with van der Waals surface area (Å²) in [5.74, 6) is 0.138. The molecule has 0 saturated carbocycles. The molecule has 144 valence electrons. The van der Waals surface area contributed by atoms with Gasteiger partial charge in [-0.05, 0) is 24.5 Å². The van der Waals surface area contributed by atoms with E-state index in [1.807, 2.05) is 37.3 Å². The van der Waals surface area contributed by atoms with Gasteiger partial charge in [0.15, 0.2) is 9.84 Å². The van der Waals surface area contributed by atoms with Gasteiger partial charge in [0.05, 0.1) is 24.1 Å². The lowest BCUT2D eigenvalue weighted by atomic mass is 9.98. The van der Waals surface area contributed by atoms with Gasteiger partial charge in [0.1, 0.15) is 0 Å². The molecule has 1 aliphatic rings. The van der Waals surface area contributed by atoms with Crippen molar-refractivity contribution in [2.75, 3.05) is 25.1 Å². The molecule has 0 aromatic heterocycles. The van der Waals surface area contributed by atoms with E-state index in [4.69, 9.17) is 0 Å². The lowest BCUT2D eigenvalue weighted by Crippen LogP contribution is -2.43. The van der Waals surface area contributed by atoms with E-state index in [1.54, 1.807) is 11.9 Å². The highest BCUT2D eigenvalue weighted by Gasteiger charge is 2.32. The molecule has 0 spiro atoms. The Morgan fingerprint density at radius 2 is 1.74 bits per heavy atom. The molecule has 2 aromatic carbocycles. The number of rotatable bonds is 6. The first-order chi connectivity index (χ1) is 12.9. The lowest BCUT2D eigenvalue weighted by Gasteiger charge is -2.26. The molecule has 2 atom stereocenters. The van der Waals surface area contributed by atoms with Gasteiger partial charge in [-0.2, -0.15) is 0 Å². The summed E-state index contributed by atoms with van der Waals surface area (Å²) in [5.41, 5.74) is 3.36. The normalized spacial score (nSPS) is 19.6. The second-order valence-corrected chi connectivity index (χ2v) is 9.43. The minimum absolute atomic E-state index is 0.0648. The fourth-order valence-corrected chi connectivity index (χ4v) is 5.21. The molecule has 1 saturated heterocycles. The van der Waals surface area contributed by atoms with Gasteiger partial charge in [-0.25, -0.2) is 8.42 Å². The van der Waals surface area contributed by atoms with Crippen LogP contribution in [0.5, 0.6) is 0 Å². The third-order valence-electron chi connectivity index (χ3n) is 5.15. The van der Waals surface area contributed by atoms with Crippen LogP contribution in [0.1, 0.15) is 29.2 Å². The van der Waals surface area contributed by atoms with Crippen molar-refractivity contribution in [3.8, 4) is 0 Å². The first kappa shape index (κ1) is 19.6. The highest BCUT2D eigenvalue weighted by molar-refractivity contribution is 7.91. The number of carbonyl (C=O) groups is 1. The van der Waals surface area contributed by atoms with Gasteiger partial charge in [-0.1, -0.05) is 60.2 Å². The zero-order chi connectivity index (χ0) is 19.4. The molecule has 1 aliphatic heterocycles. The third kappa shape index (κ3) is 4.96. The van der Waals surface area contributed by atoms with Crippen LogP contribution in [0.4, 0.5) is 0 Å².